The zero-order chi connectivity index (χ0) is 12.0. The van der Waals surface area contributed by atoms with Gasteiger partial charge in [-0.05, 0) is 23.8 Å². The minimum Gasteiger partial charge on any atom is -0.464 e. The van der Waals surface area contributed by atoms with Crippen molar-refractivity contribution in [3.8, 4) is 0 Å². The van der Waals surface area contributed by atoms with Gasteiger partial charge in [0, 0.05) is 23.0 Å². The maximum absolute atomic E-state index is 11.7. The van der Waals surface area contributed by atoms with Gasteiger partial charge in [0.1, 0.15) is 6.10 Å². The van der Waals surface area contributed by atoms with Gasteiger partial charge < -0.3 is 10.1 Å². The molecule has 1 spiro atoms. The monoisotopic (exact) mass is 295 g/mol. The van der Waals surface area contributed by atoms with E-state index in [2.05, 4.69) is 21.2 Å². The Morgan fingerprint density at radius 3 is 3.12 bits per heavy atom. The molecule has 1 saturated carbocycles. The van der Waals surface area contributed by atoms with Crippen molar-refractivity contribution in [3.05, 3.63) is 33.8 Å². The van der Waals surface area contributed by atoms with Crippen LogP contribution in [0.5, 0.6) is 0 Å². The number of hydrogen-bond donors (Lipinski definition) is 1. The van der Waals surface area contributed by atoms with Crippen molar-refractivity contribution in [2.24, 2.45) is 0 Å². The smallest absolute Gasteiger partial charge is 0.293 e. The molecule has 5 heteroatoms. The fourth-order valence-corrected chi connectivity index (χ4v) is 2.90. The molecule has 0 aromatic heterocycles. The van der Waals surface area contributed by atoms with Gasteiger partial charge in [0.2, 0.25) is 0 Å². The van der Waals surface area contributed by atoms with E-state index in [0.717, 1.165) is 16.5 Å². The maximum Gasteiger partial charge on any atom is 0.293 e. The molecule has 2 unspecified atom stereocenters. The third kappa shape index (κ3) is 1.49. The van der Waals surface area contributed by atoms with Crippen LogP contribution in [-0.4, -0.2) is 25.0 Å². The zero-order valence-electron chi connectivity index (χ0n) is 8.90. The molecule has 17 heavy (non-hydrogen) atoms. The van der Waals surface area contributed by atoms with E-state index in [-0.39, 0.29) is 17.4 Å². The van der Waals surface area contributed by atoms with E-state index in [1.165, 1.54) is 0 Å². The lowest BCUT2D eigenvalue weighted by molar-refractivity contribution is -0.130. The van der Waals surface area contributed by atoms with E-state index in [0.29, 0.717) is 18.6 Å². The van der Waals surface area contributed by atoms with Crippen LogP contribution in [0.3, 0.4) is 0 Å². The van der Waals surface area contributed by atoms with Crippen LogP contribution in [0.25, 0.3) is 0 Å². The molecule has 1 amide bonds. The Labute approximate surface area is 106 Å². The van der Waals surface area contributed by atoms with Crippen LogP contribution in [0, 0.1) is 0 Å². The molecule has 88 valence electrons. The summed E-state index contributed by atoms with van der Waals surface area (Å²) >= 11 is 3.41. The number of fused-ring (bicyclic) bond motifs is 2. The van der Waals surface area contributed by atoms with E-state index in [4.69, 9.17) is 4.74 Å². The SMILES string of the molecule is O=COC1CC12CNC(=O)c1ccc(Br)cc12. The Balaban J connectivity index is 2.07. The Morgan fingerprint density at radius 2 is 2.35 bits per heavy atom. The minimum absolute atomic E-state index is 0.0603. The number of hydrogen-bond acceptors (Lipinski definition) is 3. The molecule has 0 saturated heterocycles. The van der Waals surface area contributed by atoms with Crippen molar-refractivity contribution >= 4 is 28.3 Å². The Hall–Kier alpha value is -1.36. The van der Waals surface area contributed by atoms with Crippen molar-refractivity contribution in [1.82, 2.24) is 5.32 Å². The van der Waals surface area contributed by atoms with Crippen molar-refractivity contribution in [2.45, 2.75) is 17.9 Å². The first-order valence-electron chi connectivity index (χ1n) is 5.35. The van der Waals surface area contributed by atoms with Gasteiger partial charge in [0.15, 0.2) is 0 Å². The number of rotatable bonds is 2. The zero-order valence-corrected chi connectivity index (χ0v) is 10.5. The summed E-state index contributed by atoms with van der Waals surface area (Å²) in [6.07, 6.45) is 0.656. The van der Waals surface area contributed by atoms with Gasteiger partial charge in [0.25, 0.3) is 12.4 Å². The summed E-state index contributed by atoms with van der Waals surface area (Å²) in [5.74, 6) is -0.0603. The van der Waals surface area contributed by atoms with E-state index < -0.39 is 0 Å². The topological polar surface area (TPSA) is 55.4 Å². The highest BCUT2D eigenvalue weighted by Gasteiger charge is 2.60. The number of halogens is 1. The molecule has 1 aliphatic heterocycles. The third-order valence-corrected chi connectivity index (χ3v) is 4.05. The van der Waals surface area contributed by atoms with Crippen LogP contribution in [0.15, 0.2) is 22.7 Å². The summed E-state index contributed by atoms with van der Waals surface area (Å²) in [6.45, 7) is 1.02. The van der Waals surface area contributed by atoms with Crippen LogP contribution < -0.4 is 5.32 Å². The third-order valence-electron chi connectivity index (χ3n) is 3.55. The van der Waals surface area contributed by atoms with Crippen molar-refractivity contribution in [1.29, 1.82) is 0 Å². The standard InChI is InChI=1S/C12H10BrNO3/c13-7-1-2-8-9(3-7)12(5-14-11(8)16)4-10(12)17-6-15/h1-3,6,10H,4-5H2,(H,14,16). The molecule has 2 atom stereocenters. The molecule has 1 N–H and O–H groups in total. The molecule has 1 fully saturated rings. The fraction of sp³-hybridized carbons (Fsp3) is 0.333. The van der Waals surface area contributed by atoms with Crippen LogP contribution in [0.4, 0.5) is 0 Å². The number of benzene rings is 1. The fourth-order valence-electron chi connectivity index (χ4n) is 2.54. The number of carbonyl (C=O) groups excluding carboxylic acids is 2. The van der Waals surface area contributed by atoms with Gasteiger partial charge in [0.05, 0.1) is 5.41 Å². The van der Waals surface area contributed by atoms with Crippen molar-refractivity contribution in [2.75, 3.05) is 6.54 Å². The first kappa shape index (κ1) is 10.8. The predicted molar refractivity (Wildman–Crippen MR) is 63.7 cm³/mol. The Bertz CT molecular complexity index is 516. The average Bonchev–Trinajstić information content (AvgIpc) is 3.00. The van der Waals surface area contributed by atoms with Crippen molar-refractivity contribution < 1.29 is 14.3 Å². The van der Waals surface area contributed by atoms with E-state index >= 15 is 0 Å². The molecule has 2 aliphatic rings. The highest BCUT2D eigenvalue weighted by atomic mass is 79.9. The second-order valence-corrected chi connectivity index (χ2v) is 5.37. The average molecular weight is 296 g/mol. The second-order valence-electron chi connectivity index (χ2n) is 4.45. The second kappa shape index (κ2) is 3.57. The van der Waals surface area contributed by atoms with E-state index in [9.17, 15) is 9.59 Å². The van der Waals surface area contributed by atoms with Gasteiger partial charge in [-0.25, -0.2) is 0 Å². The highest BCUT2D eigenvalue weighted by molar-refractivity contribution is 9.10. The summed E-state index contributed by atoms with van der Waals surface area (Å²) in [5.41, 5.74) is 1.44. The minimum atomic E-state index is -0.214. The first-order valence-corrected chi connectivity index (χ1v) is 6.14. The maximum atomic E-state index is 11.7. The first-order chi connectivity index (χ1) is 8.17. The number of nitrogens with one attached hydrogen (secondary N) is 1. The summed E-state index contributed by atoms with van der Waals surface area (Å²) < 4.78 is 5.96. The summed E-state index contributed by atoms with van der Waals surface area (Å²) in [7, 11) is 0. The molecular formula is C12H10BrNO3. The lowest BCUT2D eigenvalue weighted by Gasteiger charge is -2.26. The Morgan fingerprint density at radius 1 is 1.53 bits per heavy atom. The lowest BCUT2D eigenvalue weighted by Crippen LogP contribution is -2.41. The number of amides is 1. The van der Waals surface area contributed by atoms with Gasteiger partial charge in [-0.15, -0.1) is 0 Å². The van der Waals surface area contributed by atoms with Crippen LogP contribution in [0.1, 0.15) is 22.3 Å². The predicted octanol–water partition coefficient (Wildman–Crippen LogP) is 1.38. The van der Waals surface area contributed by atoms with E-state index in [1.807, 2.05) is 12.1 Å². The van der Waals surface area contributed by atoms with Crippen LogP contribution >= 0.6 is 15.9 Å². The quantitative estimate of drug-likeness (QED) is 0.839. The Kier molecular flexibility index (Phi) is 2.26. The summed E-state index contributed by atoms with van der Waals surface area (Å²) in [6, 6.07) is 5.59. The van der Waals surface area contributed by atoms with Crippen LogP contribution in [-0.2, 0) is 14.9 Å². The van der Waals surface area contributed by atoms with Gasteiger partial charge in [-0.1, -0.05) is 15.9 Å². The van der Waals surface area contributed by atoms with Gasteiger partial charge in [-0.3, -0.25) is 9.59 Å². The number of ether oxygens (including phenoxy) is 1. The molecule has 0 radical (unpaired) electrons. The summed E-state index contributed by atoms with van der Waals surface area (Å²) in [4.78, 5) is 22.1. The molecule has 1 aromatic carbocycles. The molecule has 4 nitrogen and oxygen atoms in total. The van der Waals surface area contributed by atoms with Crippen molar-refractivity contribution in [3.63, 3.8) is 0 Å². The molecule has 1 aromatic rings. The highest BCUT2D eigenvalue weighted by Crippen LogP contribution is 2.52. The lowest BCUT2D eigenvalue weighted by atomic mass is 9.87. The van der Waals surface area contributed by atoms with E-state index in [1.54, 1.807) is 6.07 Å². The molecule has 0 bridgehead atoms. The molecular weight excluding hydrogens is 286 g/mol. The van der Waals surface area contributed by atoms with Gasteiger partial charge in [-0.2, -0.15) is 0 Å². The molecule has 3 rings (SSSR count). The van der Waals surface area contributed by atoms with Crippen LogP contribution in [0.2, 0.25) is 0 Å². The van der Waals surface area contributed by atoms with Gasteiger partial charge >= 0.3 is 0 Å². The number of carbonyl (C=O) groups is 2. The summed E-state index contributed by atoms with van der Waals surface area (Å²) in [5, 5.41) is 2.85. The molecule has 1 aliphatic carbocycles. The molecule has 1 heterocycles. The largest absolute Gasteiger partial charge is 0.464 e. The normalized spacial score (nSPS) is 29.5.